The molecule has 1 amide bonds. The summed E-state index contributed by atoms with van der Waals surface area (Å²) in [5, 5.41) is 14.9. The number of nitrogens with zero attached hydrogens (tertiary/aromatic N) is 3. The van der Waals surface area contributed by atoms with Crippen LogP contribution in [0.25, 0.3) is 10.9 Å². The van der Waals surface area contributed by atoms with Crippen molar-refractivity contribution in [1.29, 1.82) is 0 Å². The Kier molecular flexibility index (Phi) is 7.59. The van der Waals surface area contributed by atoms with E-state index in [9.17, 15) is 19.7 Å². The zero-order valence-corrected chi connectivity index (χ0v) is 19.7. The average molecular weight is 483 g/mol. The molecule has 10 heteroatoms. The highest BCUT2D eigenvalue weighted by Crippen LogP contribution is 2.26. The van der Waals surface area contributed by atoms with E-state index in [4.69, 9.17) is 9.72 Å². The predicted octanol–water partition coefficient (Wildman–Crippen LogP) is 3.92. The van der Waals surface area contributed by atoms with Crippen molar-refractivity contribution < 1.29 is 14.5 Å². The summed E-state index contributed by atoms with van der Waals surface area (Å²) in [5.41, 5.74) is 1.47. The van der Waals surface area contributed by atoms with E-state index in [0.29, 0.717) is 47.1 Å². The first-order valence-corrected chi connectivity index (χ1v) is 12.3. The molecule has 0 radical (unpaired) electrons. The molecule has 2 aromatic carbocycles. The highest BCUT2D eigenvalue weighted by atomic mass is 32.2. The monoisotopic (exact) mass is 482 g/mol. The Labute approximate surface area is 200 Å². The van der Waals surface area contributed by atoms with E-state index < -0.39 is 4.92 Å². The number of thioether (sulfide) groups is 1. The van der Waals surface area contributed by atoms with Crippen LogP contribution in [0.1, 0.15) is 42.1 Å². The lowest BCUT2D eigenvalue weighted by atomic mass is 10.1. The number of benzene rings is 2. The van der Waals surface area contributed by atoms with Gasteiger partial charge < -0.3 is 10.1 Å². The molecule has 1 atom stereocenters. The first-order valence-electron chi connectivity index (χ1n) is 11.3. The SMILES string of the molecule is CCCNC(=O)c1ccc2c(=O)n(CC3CCCO3)c(SCc3cccc([N+](=O)[O-])c3)nc2c1. The second-order valence-electron chi connectivity index (χ2n) is 8.15. The van der Waals surface area contributed by atoms with Crippen LogP contribution in [0.2, 0.25) is 0 Å². The molecule has 0 saturated carbocycles. The Bertz CT molecular complexity index is 1270. The van der Waals surface area contributed by atoms with Gasteiger partial charge in [0, 0.05) is 36.6 Å². The fraction of sp³-hybridized carbons (Fsp3) is 0.375. The minimum absolute atomic E-state index is 0.0176. The number of ether oxygens (including phenoxy) is 1. The third-order valence-corrected chi connectivity index (χ3v) is 6.67. The van der Waals surface area contributed by atoms with Gasteiger partial charge in [0.2, 0.25) is 0 Å². The van der Waals surface area contributed by atoms with Crippen LogP contribution in [-0.4, -0.2) is 39.6 Å². The van der Waals surface area contributed by atoms with E-state index in [2.05, 4.69) is 5.32 Å². The Morgan fingerprint density at radius 3 is 2.91 bits per heavy atom. The van der Waals surface area contributed by atoms with Gasteiger partial charge in [0.05, 0.1) is 28.5 Å². The minimum Gasteiger partial charge on any atom is -0.376 e. The quantitative estimate of drug-likeness (QED) is 0.213. The molecule has 3 aromatic rings. The summed E-state index contributed by atoms with van der Waals surface area (Å²) in [6, 6.07) is 11.3. The Morgan fingerprint density at radius 1 is 1.32 bits per heavy atom. The zero-order valence-electron chi connectivity index (χ0n) is 18.9. The number of non-ortho nitro benzene ring substituents is 1. The maximum atomic E-state index is 13.4. The van der Waals surface area contributed by atoms with Crippen LogP contribution in [-0.2, 0) is 17.0 Å². The van der Waals surface area contributed by atoms with Crippen LogP contribution in [0.4, 0.5) is 5.69 Å². The van der Waals surface area contributed by atoms with Crippen molar-refractivity contribution >= 4 is 34.3 Å². The minimum atomic E-state index is -0.430. The summed E-state index contributed by atoms with van der Waals surface area (Å²) in [4.78, 5) is 41.2. The molecule has 1 aliphatic rings. The lowest BCUT2D eigenvalue weighted by Gasteiger charge is -2.17. The first kappa shape index (κ1) is 23.9. The molecule has 1 aliphatic heterocycles. The van der Waals surface area contributed by atoms with Crippen LogP contribution in [0.5, 0.6) is 0 Å². The highest BCUT2D eigenvalue weighted by Gasteiger charge is 2.21. The van der Waals surface area contributed by atoms with Crippen LogP contribution in [0.15, 0.2) is 52.4 Å². The summed E-state index contributed by atoms with van der Waals surface area (Å²) in [6.07, 6.45) is 2.58. The molecule has 1 aromatic heterocycles. The second-order valence-corrected chi connectivity index (χ2v) is 9.09. The van der Waals surface area contributed by atoms with Gasteiger partial charge in [0.1, 0.15) is 0 Å². The summed E-state index contributed by atoms with van der Waals surface area (Å²) in [7, 11) is 0. The molecule has 2 heterocycles. The number of fused-ring (bicyclic) bond motifs is 1. The van der Waals surface area contributed by atoms with Crippen molar-refractivity contribution in [3.05, 3.63) is 74.1 Å². The zero-order chi connectivity index (χ0) is 24.1. The average Bonchev–Trinajstić information content (AvgIpc) is 3.36. The normalized spacial score (nSPS) is 15.5. The standard InChI is InChI=1S/C24H26N4O5S/c1-2-10-25-22(29)17-8-9-20-21(13-17)26-24(27(23(20)30)14-19-7-4-11-33-19)34-15-16-5-3-6-18(12-16)28(31)32/h3,5-6,8-9,12-13,19H,2,4,7,10-11,14-15H2,1H3,(H,25,29). The molecule has 34 heavy (non-hydrogen) atoms. The van der Waals surface area contributed by atoms with E-state index >= 15 is 0 Å². The van der Waals surface area contributed by atoms with Crippen molar-refractivity contribution in [3.8, 4) is 0 Å². The van der Waals surface area contributed by atoms with E-state index in [1.165, 1.54) is 23.9 Å². The predicted molar refractivity (Wildman–Crippen MR) is 130 cm³/mol. The highest BCUT2D eigenvalue weighted by molar-refractivity contribution is 7.98. The lowest BCUT2D eigenvalue weighted by molar-refractivity contribution is -0.384. The fourth-order valence-electron chi connectivity index (χ4n) is 3.85. The Balaban J connectivity index is 1.69. The number of nitro groups is 1. The van der Waals surface area contributed by atoms with Gasteiger partial charge in [-0.05, 0) is 43.0 Å². The summed E-state index contributed by atoms with van der Waals surface area (Å²) in [6.45, 7) is 3.60. The van der Waals surface area contributed by atoms with Crippen molar-refractivity contribution in [2.24, 2.45) is 0 Å². The van der Waals surface area contributed by atoms with Gasteiger partial charge in [-0.25, -0.2) is 4.98 Å². The molecule has 178 valence electrons. The number of hydrogen-bond acceptors (Lipinski definition) is 7. The van der Waals surface area contributed by atoms with Crippen LogP contribution >= 0.6 is 11.8 Å². The lowest BCUT2D eigenvalue weighted by Crippen LogP contribution is -2.29. The summed E-state index contributed by atoms with van der Waals surface area (Å²) < 4.78 is 7.37. The van der Waals surface area contributed by atoms with Gasteiger partial charge in [0.25, 0.3) is 17.2 Å². The Hall–Kier alpha value is -3.24. The number of hydrogen-bond donors (Lipinski definition) is 1. The number of nitrogens with one attached hydrogen (secondary N) is 1. The maximum Gasteiger partial charge on any atom is 0.269 e. The van der Waals surface area contributed by atoms with Gasteiger partial charge in [-0.3, -0.25) is 24.3 Å². The number of carbonyl (C=O) groups is 1. The molecule has 0 bridgehead atoms. The molecule has 1 N–H and O–H groups in total. The van der Waals surface area contributed by atoms with Crippen molar-refractivity contribution in [3.63, 3.8) is 0 Å². The Morgan fingerprint density at radius 2 is 2.18 bits per heavy atom. The number of rotatable bonds is 9. The molecule has 0 spiro atoms. The third kappa shape index (κ3) is 5.45. The molecule has 4 rings (SSSR count). The maximum absolute atomic E-state index is 13.4. The topological polar surface area (TPSA) is 116 Å². The first-order chi connectivity index (χ1) is 16.5. The second kappa shape index (κ2) is 10.8. The van der Waals surface area contributed by atoms with E-state index in [-0.39, 0.29) is 23.3 Å². The van der Waals surface area contributed by atoms with E-state index in [1.54, 1.807) is 34.9 Å². The molecule has 1 fully saturated rings. The number of aromatic nitrogens is 2. The number of carbonyl (C=O) groups excluding carboxylic acids is 1. The third-order valence-electron chi connectivity index (χ3n) is 5.62. The van der Waals surface area contributed by atoms with Crippen LogP contribution < -0.4 is 10.9 Å². The molecule has 1 saturated heterocycles. The number of nitro benzene ring substituents is 1. The van der Waals surface area contributed by atoms with Gasteiger partial charge in [0.15, 0.2) is 5.16 Å². The van der Waals surface area contributed by atoms with E-state index in [1.807, 2.05) is 6.92 Å². The molecular weight excluding hydrogens is 456 g/mol. The van der Waals surface area contributed by atoms with E-state index in [0.717, 1.165) is 24.8 Å². The molecule has 0 aliphatic carbocycles. The molecule has 1 unspecified atom stereocenters. The van der Waals surface area contributed by atoms with Gasteiger partial charge in [-0.15, -0.1) is 0 Å². The van der Waals surface area contributed by atoms with Crippen molar-refractivity contribution in [1.82, 2.24) is 14.9 Å². The summed E-state index contributed by atoms with van der Waals surface area (Å²) >= 11 is 1.33. The van der Waals surface area contributed by atoms with Gasteiger partial charge in [-0.1, -0.05) is 30.8 Å². The molecular formula is C24H26N4O5S. The van der Waals surface area contributed by atoms with Crippen molar-refractivity contribution in [2.45, 2.75) is 49.7 Å². The number of amides is 1. The molecule has 9 nitrogen and oxygen atoms in total. The van der Waals surface area contributed by atoms with Crippen LogP contribution in [0, 0.1) is 10.1 Å². The fourth-order valence-corrected chi connectivity index (χ4v) is 4.80. The van der Waals surface area contributed by atoms with Crippen LogP contribution in [0.3, 0.4) is 0 Å². The largest absolute Gasteiger partial charge is 0.376 e. The van der Waals surface area contributed by atoms with Gasteiger partial charge in [-0.2, -0.15) is 0 Å². The summed E-state index contributed by atoms with van der Waals surface area (Å²) in [5.74, 6) is 0.196. The van der Waals surface area contributed by atoms with Gasteiger partial charge >= 0.3 is 0 Å². The van der Waals surface area contributed by atoms with Crippen molar-refractivity contribution in [2.75, 3.05) is 13.2 Å². The smallest absolute Gasteiger partial charge is 0.269 e.